The molecule has 1 saturated heterocycles. The molecule has 1 atom stereocenters. The van der Waals surface area contributed by atoms with E-state index in [-0.39, 0.29) is 30.0 Å². The number of nitrogens with zero attached hydrogens (tertiary/aromatic N) is 3. The Bertz CT molecular complexity index is 1080. The van der Waals surface area contributed by atoms with Crippen LogP contribution in [0.2, 0.25) is 0 Å². The van der Waals surface area contributed by atoms with Gasteiger partial charge in [0.05, 0.1) is 12.1 Å². The number of amides is 3. The lowest BCUT2D eigenvalue weighted by molar-refractivity contribution is -0.125. The number of hydrogen-bond donors (Lipinski definition) is 3. The zero-order chi connectivity index (χ0) is 23.4. The molecular formula is C23H25FN6O3. The van der Waals surface area contributed by atoms with Crippen molar-refractivity contribution in [1.29, 1.82) is 0 Å². The van der Waals surface area contributed by atoms with Gasteiger partial charge in [0.15, 0.2) is 0 Å². The SMILES string of the molecule is CC(=O)Nc1ccc(NC(=O)C2CC(=O)NC(N3CCN(c4ccccc4F)CC3)=N2)cc1. The number of halogens is 1. The molecule has 33 heavy (non-hydrogen) atoms. The van der Waals surface area contributed by atoms with E-state index in [2.05, 4.69) is 20.9 Å². The predicted octanol–water partition coefficient (Wildman–Crippen LogP) is 1.79. The standard InChI is InChI=1S/C23H25FN6O3/c1-15(31)25-16-6-8-17(9-7-16)26-22(33)19-14-21(32)28-23(27-19)30-12-10-29(11-13-30)20-5-3-2-4-18(20)24/h2-9,19H,10-14H2,1H3,(H,25,31)(H,26,33)(H,27,28,32). The molecule has 0 aliphatic carbocycles. The maximum atomic E-state index is 14.1. The molecule has 0 spiro atoms. The fourth-order valence-corrected chi connectivity index (χ4v) is 3.82. The fourth-order valence-electron chi connectivity index (χ4n) is 3.82. The van der Waals surface area contributed by atoms with Gasteiger partial charge in [-0.05, 0) is 36.4 Å². The number of carbonyl (C=O) groups excluding carboxylic acids is 3. The molecule has 0 aromatic heterocycles. The molecule has 2 aliphatic rings. The van der Waals surface area contributed by atoms with Gasteiger partial charge in [0, 0.05) is 44.5 Å². The average molecular weight is 452 g/mol. The summed E-state index contributed by atoms with van der Waals surface area (Å²) in [6.07, 6.45) is -0.0471. The van der Waals surface area contributed by atoms with Crippen LogP contribution in [0.3, 0.4) is 0 Å². The number of aliphatic imine (C=N–C) groups is 1. The van der Waals surface area contributed by atoms with Gasteiger partial charge >= 0.3 is 0 Å². The van der Waals surface area contributed by atoms with Crippen LogP contribution in [0.1, 0.15) is 13.3 Å². The summed E-state index contributed by atoms with van der Waals surface area (Å²) < 4.78 is 14.1. The van der Waals surface area contributed by atoms with Crippen LogP contribution < -0.4 is 20.9 Å². The van der Waals surface area contributed by atoms with Gasteiger partial charge in [-0.3, -0.25) is 19.7 Å². The number of piperazine rings is 1. The minimum absolute atomic E-state index is 0.0471. The van der Waals surface area contributed by atoms with Gasteiger partial charge in [0.1, 0.15) is 11.9 Å². The van der Waals surface area contributed by atoms with Crippen molar-refractivity contribution in [2.75, 3.05) is 41.7 Å². The molecular weight excluding hydrogens is 427 g/mol. The van der Waals surface area contributed by atoms with Crippen molar-refractivity contribution < 1.29 is 18.8 Å². The van der Waals surface area contributed by atoms with Gasteiger partial charge in [-0.25, -0.2) is 9.38 Å². The van der Waals surface area contributed by atoms with Crippen molar-refractivity contribution in [2.24, 2.45) is 4.99 Å². The maximum Gasteiger partial charge on any atom is 0.249 e. The molecule has 10 heteroatoms. The van der Waals surface area contributed by atoms with E-state index in [0.717, 1.165) is 0 Å². The van der Waals surface area contributed by atoms with Crippen LogP contribution >= 0.6 is 0 Å². The summed E-state index contributed by atoms with van der Waals surface area (Å²) in [5.74, 6) is -0.759. The van der Waals surface area contributed by atoms with E-state index in [0.29, 0.717) is 49.2 Å². The molecule has 2 aromatic rings. The van der Waals surface area contributed by atoms with Crippen LogP contribution in [0.15, 0.2) is 53.5 Å². The minimum Gasteiger partial charge on any atom is -0.366 e. The van der Waals surface area contributed by atoms with Gasteiger partial charge in [0.2, 0.25) is 23.7 Å². The van der Waals surface area contributed by atoms with Crippen molar-refractivity contribution in [3.8, 4) is 0 Å². The summed E-state index contributed by atoms with van der Waals surface area (Å²) in [6.45, 7) is 3.61. The summed E-state index contributed by atoms with van der Waals surface area (Å²) >= 11 is 0. The molecule has 3 amide bonds. The lowest BCUT2D eigenvalue weighted by Crippen LogP contribution is -2.56. The van der Waals surface area contributed by atoms with Gasteiger partial charge in [-0.15, -0.1) is 0 Å². The first-order valence-corrected chi connectivity index (χ1v) is 10.7. The van der Waals surface area contributed by atoms with Crippen LogP contribution in [0.5, 0.6) is 0 Å². The lowest BCUT2D eigenvalue weighted by Gasteiger charge is -2.38. The van der Waals surface area contributed by atoms with E-state index >= 15 is 0 Å². The minimum atomic E-state index is -0.853. The second-order valence-electron chi connectivity index (χ2n) is 7.89. The molecule has 0 bridgehead atoms. The number of rotatable bonds is 4. The van der Waals surface area contributed by atoms with E-state index < -0.39 is 6.04 Å². The molecule has 1 fully saturated rings. The molecule has 4 rings (SSSR count). The number of anilines is 3. The van der Waals surface area contributed by atoms with Crippen molar-refractivity contribution in [3.05, 3.63) is 54.3 Å². The summed E-state index contributed by atoms with van der Waals surface area (Å²) in [5.41, 5.74) is 1.70. The van der Waals surface area contributed by atoms with Crippen LogP contribution in [-0.2, 0) is 14.4 Å². The molecule has 0 radical (unpaired) electrons. The summed E-state index contributed by atoms with van der Waals surface area (Å²) in [6, 6.07) is 12.5. The maximum absolute atomic E-state index is 14.1. The largest absolute Gasteiger partial charge is 0.366 e. The third-order valence-corrected chi connectivity index (χ3v) is 5.46. The molecule has 172 valence electrons. The Hall–Kier alpha value is -3.95. The third kappa shape index (κ3) is 5.46. The predicted molar refractivity (Wildman–Crippen MR) is 124 cm³/mol. The molecule has 1 unspecified atom stereocenters. The Morgan fingerprint density at radius 2 is 1.58 bits per heavy atom. The zero-order valence-electron chi connectivity index (χ0n) is 18.2. The van der Waals surface area contributed by atoms with Crippen molar-refractivity contribution in [3.63, 3.8) is 0 Å². The van der Waals surface area contributed by atoms with E-state index in [4.69, 9.17) is 0 Å². The Balaban J connectivity index is 1.38. The highest BCUT2D eigenvalue weighted by atomic mass is 19.1. The van der Waals surface area contributed by atoms with Gasteiger partial charge in [-0.1, -0.05) is 12.1 Å². The van der Waals surface area contributed by atoms with E-state index in [1.807, 2.05) is 9.80 Å². The van der Waals surface area contributed by atoms with Crippen LogP contribution in [0.25, 0.3) is 0 Å². The lowest BCUT2D eigenvalue weighted by atomic mass is 10.1. The molecule has 3 N–H and O–H groups in total. The monoisotopic (exact) mass is 452 g/mol. The van der Waals surface area contributed by atoms with Crippen LogP contribution in [0, 0.1) is 5.82 Å². The molecule has 9 nitrogen and oxygen atoms in total. The second-order valence-corrected chi connectivity index (χ2v) is 7.89. The fraction of sp³-hybridized carbons (Fsp3) is 0.304. The first-order chi connectivity index (χ1) is 15.9. The zero-order valence-corrected chi connectivity index (χ0v) is 18.2. The summed E-state index contributed by atoms with van der Waals surface area (Å²) in [5, 5.41) is 8.17. The topological polar surface area (TPSA) is 106 Å². The number of benzene rings is 2. The van der Waals surface area contributed by atoms with E-state index in [1.54, 1.807) is 42.5 Å². The normalized spacial score (nSPS) is 18.3. The number of guanidine groups is 1. The Labute approximate surface area is 190 Å². The molecule has 2 heterocycles. The second kappa shape index (κ2) is 9.68. The number of para-hydroxylation sites is 1. The highest BCUT2D eigenvalue weighted by molar-refractivity contribution is 6.06. The van der Waals surface area contributed by atoms with Crippen LogP contribution in [-0.4, -0.2) is 60.8 Å². The van der Waals surface area contributed by atoms with Crippen molar-refractivity contribution >= 4 is 40.7 Å². The molecule has 2 aromatic carbocycles. The smallest absolute Gasteiger partial charge is 0.249 e. The van der Waals surface area contributed by atoms with E-state index in [9.17, 15) is 18.8 Å². The highest BCUT2D eigenvalue weighted by Gasteiger charge is 2.31. The number of carbonyl (C=O) groups is 3. The van der Waals surface area contributed by atoms with Crippen molar-refractivity contribution in [2.45, 2.75) is 19.4 Å². The molecule has 0 saturated carbocycles. The van der Waals surface area contributed by atoms with Crippen molar-refractivity contribution in [1.82, 2.24) is 10.2 Å². The van der Waals surface area contributed by atoms with Gasteiger partial charge in [-0.2, -0.15) is 0 Å². The quantitative estimate of drug-likeness (QED) is 0.656. The highest BCUT2D eigenvalue weighted by Crippen LogP contribution is 2.21. The molecule has 2 aliphatic heterocycles. The number of hydrogen-bond acceptors (Lipinski definition) is 6. The first-order valence-electron chi connectivity index (χ1n) is 10.7. The van der Waals surface area contributed by atoms with Crippen LogP contribution in [0.4, 0.5) is 21.5 Å². The summed E-state index contributed by atoms with van der Waals surface area (Å²) in [7, 11) is 0. The Morgan fingerprint density at radius 1 is 0.970 bits per heavy atom. The van der Waals surface area contributed by atoms with E-state index in [1.165, 1.54) is 13.0 Å². The average Bonchev–Trinajstić information content (AvgIpc) is 2.80. The van der Waals surface area contributed by atoms with Gasteiger partial charge < -0.3 is 20.4 Å². The first kappa shape index (κ1) is 22.3. The van der Waals surface area contributed by atoms with Gasteiger partial charge in [0.25, 0.3) is 0 Å². The number of nitrogens with one attached hydrogen (secondary N) is 3. The Morgan fingerprint density at radius 3 is 2.21 bits per heavy atom. The third-order valence-electron chi connectivity index (χ3n) is 5.46. The Kier molecular flexibility index (Phi) is 6.53. The summed E-state index contributed by atoms with van der Waals surface area (Å²) in [4.78, 5) is 44.5.